The Morgan fingerprint density at radius 1 is 1.04 bits per heavy atom. The number of aryl methyl sites for hydroxylation is 1. The number of imide groups is 1. The van der Waals surface area contributed by atoms with E-state index in [0.717, 1.165) is 23.0 Å². The Balaban J connectivity index is 2.05. The van der Waals surface area contributed by atoms with E-state index in [0.29, 0.717) is 16.7 Å². The van der Waals surface area contributed by atoms with Crippen molar-refractivity contribution in [3.05, 3.63) is 66.1 Å². The summed E-state index contributed by atoms with van der Waals surface area (Å²) in [6.07, 6.45) is 5.18. The van der Waals surface area contributed by atoms with Crippen LogP contribution in [-0.4, -0.2) is 21.4 Å². The van der Waals surface area contributed by atoms with Gasteiger partial charge in [0.25, 0.3) is 11.8 Å². The van der Waals surface area contributed by atoms with Gasteiger partial charge in [-0.2, -0.15) is 0 Å². The SMILES string of the molecule is CCn1cc(C2=C(c3cccnc3)C(=O)NC2=O)c2ccccc21. The van der Waals surface area contributed by atoms with Gasteiger partial charge >= 0.3 is 0 Å². The number of nitrogens with one attached hydrogen (secondary N) is 1. The predicted octanol–water partition coefficient (Wildman–Crippen LogP) is 2.62. The third-order valence-electron chi connectivity index (χ3n) is 4.28. The van der Waals surface area contributed by atoms with E-state index in [2.05, 4.69) is 14.9 Å². The molecular formula is C19H15N3O2. The Morgan fingerprint density at radius 3 is 2.58 bits per heavy atom. The van der Waals surface area contributed by atoms with Gasteiger partial charge in [0.05, 0.1) is 11.1 Å². The fourth-order valence-corrected chi connectivity index (χ4v) is 3.21. The Labute approximate surface area is 138 Å². The zero-order chi connectivity index (χ0) is 16.7. The van der Waals surface area contributed by atoms with Crippen LogP contribution in [0.15, 0.2) is 55.0 Å². The van der Waals surface area contributed by atoms with Crippen LogP contribution in [0.5, 0.6) is 0 Å². The van der Waals surface area contributed by atoms with Gasteiger partial charge in [0.1, 0.15) is 0 Å². The first kappa shape index (κ1) is 14.4. The third-order valence-corrected chi connectivity index (χ3v) is 4.28. The molecule has 1 aromatic carbocycles. The molecule has 5 nitrogen and oxygen atoms in total. The number of amides is 2. The summed E-state index contributed by atoms with van der Waals surface area (Å²) >= 11 is 0. The van der Waals surface area contributed by atoms with Crippen LogP contribution in [0.1, 0.15) is 18.1 Å². The summed E-state index contributed by atoms with van der Waals surface area (Å²) in [5.74, 6) is -0.741. The van der Waals surface area contributed by atoms with Gasteiger partial charge in [0.2, 0.25) is 0 Å². The summed E-state index contributed by atoms with van der Waals surface area (Å²) < 4.78 is 2.08. The van der Waals surface area contributed by atoms with Crippen LogP contribution >= 0.6 is 0 Å². The number of pyridine rings is 1. The second-order valence-electron chi connectivity index (χ2n) is 5.62. The van der Waals surface area contributed by atoms with Crippen molar-refractivity contribution in [2.45, 2.75) is 13.5 Å². The molecule has 3 aromatic rings. The third kappa shape index (κ3) is 2.06. The molecule has 0 bridgehead atoms. The van der Waals surface area contributed by atoms with Gasteiger partial charge < -0.3 is 4.57 Å². The largest absolute Gasteiger partial charge is 0.347 e. The fourth-order valence-electron chi connectivity index (χ4n) is 3.21. The van der Waals surface area contributed by atoms with E-state index < -0.39 is 0 Å². The van der Waals surface area contributed by atoms with E-state index in [1.165, 1.54) is 0 Å². The Kier molecular flexibility index (Phi) is 3.27. The van der Waals surface area contributed by atoms with Gasteiger partial charge in [-0.05, 0) is 19.1 Å². The molecule has 2 amide bonds. The second kappa shape index (κ2) is 5.45. The van der Waals surface area contributed by atoms with Crippen molar-refractivity contribution in [2.24, 2.45) is 0 Å². The lowest BCUT2D eigenvalue weighted by molar-refractivity contribution is -0.122. The van der Waals surface area contributed by atoms with Crippen LogP contribution in [0.3, 0.4) is 0 Å². The highest BCUT2D eigenvalue weighted by molar-refractivity contribution is 6.50. The lowest BCUT2D eigenvalue weighted by Gasteiger charge is -2.03. The molecule has 4 rings (SSSR count). The average molecular weight is 317 g/mol. The van der Waals surface area contributed by atoms with Crippen LogP contribution in [-0.2, 0) is 16.1 Å². The van der Waals surface area contributed by atoms with Crippen molar-refractivity contribution in [3.63, 3.8) is 0 Å². The van der Waals surface area contributed by atoms with Gasteiger partial charge in [-0.1, -0.05) is 24.3 Å². The first-order chi connectivity index (χ1) is 11.7. The number of hydrogen-bond acceptors (Lipinski definition) is 3. The first-order valence-corrected chi connectivity index (χ1v) is 7.79. The molecule has 3 heterocycles. The molecular weight excluding hydrogens is 302 g/mol. The minimum absolute atomic E-state index is 0.363. The molecule has 1 aliphatic heterocycles. The quantitative estimate of drug-likeness (QED) is 0.755. The zero-order valence-electron chi connectivity index (χ0n) is 13.1. The number of aromatic nitrogens is 2. The molecule has 0 saturated carbocycles. The number of carbonyl (C=O) groups excluding carboxylic acids is 2. The molecule has 0 fully saturated rings. The lowest BCUT2D eigenvalue weighted by atomic mass is 9.97. The zero-order valence-corrected chi connectivity index (χ0v) is 13.1. The molecule has 0 aliphatic carbocycles. The normalized spacial score (nSPS) is 14.5. The molecule has 0 atom stereocenters. The van der Waals surface area contributed by atoms with E-state index in [4.69, 9.17) is 0 Å². The van der Waals surface area contributed by atoms with Crippen molar-refractivity contribution in [3.8, 4) is 0 Å². The number of carbonyl (C=O) groups is 2. The van der Waals surface area contributed by atoms with Crippen molar-refractivity contribution in [2.75, 3.05) is 0 Å². The van der Waals surface area contributed by atoms with Crippen molar-refractivity contribution in [1.29, 1.82) is 0 Å². The van der Waals surface area contributed by atoms with Crippen molar-refractivity contribution < 1.29 is 9.59 Å². The monoisotopic (exact) mass is 317 g/mol. The molecule has 1 aliphatic rings. The molecule has 0 radical (unpaired) electrons. The van der Waals surface area contributed by atoms with Crippen molar-refractivity contribution in [1.82, 2.24) is 14.9 Å². The van der Waals surface area contributed by atoms with Crippen LogP contribution < -0.4 is 5.32 Å². The summed E-state index contributed by atoms with van der Waals surface area (Å²) in [4.78, 5) is 28.9. The smallest absolute Gasteiger partial charge is 0.259 e. The number of rotatable bonds is 3. The van der Waals surface area contributed by atoms with Crippen molar-refractivity contribution >= 4 is 33.9 Å². The molecule has 2 aromatic heterocycles. The molecule has 118 valence electrons. The number of benzene rings is 1. The van der Waals surface area contributed by atoms with Gasteiger partial charge in [0, 0.05) is 47.2 Å². The van der Waals surface area contributed by atoms with E-state index >= 15 is 0 Å². The summed E-state index contributed by atoms with van der Waals surface area (Å²) in [6.45, 7) is 2.83. The maximum atomic E-state index is 12.5. The predicted molar refractivity (Wildman–Crippen MR) is 91.8 cm³/mol. The van der Waals surface area contributed by atoms with E-state index in [1.807, 2.05) is 37.4 Å². The summed E-state index contributed by atoms with van der Waals surface area (Å²) in [5.41, 5.74) is 3.25. The molecule has 1 N–H and O–H groups in total. The standard InChI is InChI=1S/C19H15N3O2/c1-2-22-11-14(13-7-3-4-8-15(13)22)17-16(18(23)21-19(17)24)12-6-5-9-20-10-12/h3-11H,2H2,1H3,(H,21,23,24). The highest BCUT2D eigenvalue weighted by Gasteiger charge is 2.33. The van der Waals surface area contributed by atoms with Gasteiger partial charge in [-0.3, -0.25) is 19.9 Å². The number of hydrogen-bond donors (Lipinski definition) is 1. The molecule has 24 heavy (non-hydrogen) atoms. The maximum absolute atomic E-state index is 12.5. The van der Waals surface area contributed by atoms with Gasteiger partial charge in [-0.25, -0.2) is 0 Å². The minimum Gasteiger partial charge on any atom is -0.347 e. The van der Waals surface area contributed by atoms with Crippen LogP contribution in [0, 0.1) is 0 Å². The number of nitrogens with zero attached hydrogens (tertiary/aromatic N) is 2. The average Bonchev–Trinajstić information content (AvgIpc) is 3.12. The Bertz CT molecular complexity index is 1000. The topological polar surface area (TPSA) is 64.0 Å². The van der Waals surface area contributed by atoms with E-state index in [9.17, 15) is 9.59 Å². The maximum Gasteiger partial charge on any atom is 0.259 e. The Hall–Kier alpha value is -3.21. The summed E-state index contributed by atoms with van der Waals surface area (Å²) in [5, 5.41) is 3.38. The highest BCUT2D eigenvalue weighted by Crippen LogP contribution is 2.35. The molecule has 5 heteroatoms. The van der Waals surface area contributed by atoms with E-state index in [-0.39, 0.29) is 11.8 Å². The van der Waals surface area contributed by atoms with E-state index in [1.54, 1.807) is 24.5 Å². The fraction of sp³-hybridized carbons (Fsp3) is 0.105. The Morgan fingerprint density at radius 2 is 1.83 bits per heavy atom. The van der Waals surface area contributed by atoms with Gasteiger partial charge in [0.15, 0.2) is 0 Å². The molecule has 0 spiro atoms. The first-order valence-electron chi connectivity index (χ1n) is 7.79. The summed E-state index contributed by atoms with van der Waals surface area (Å²) in [7, 11) is 0. The van der Waals surface area contributed by atoms with Crippen LogP contribution in [0.4, 0.5) is 0 Å². The number of fused-ring (bicyclic) bond motifs is 1. The van der Waals surface area contributed by atoms with Crippen LogP contribution in [0.2, 0.25) is 0 Å². The lowest BCUT2D eigenvalue weighted by Crippen LogP contribution is -2.22. The van der Waals surface area contributed by atoms with Gasteiger partial charge in [-0.15, -0.1) is 0 Å². The minimum atomic E-state index is -0.378. The molecule has 0 unspecified atom stereocenters. The van der Waals surface area contributed by atoms with Crippen LogP contribution in [0.25, 0.3) is 22.0 Å². The highest BCUT2D eigenvalue weighted by atomic mass is 16.2. The molecule has 0 saturated heterocycles. The summed E-state index contributed by atoms with van der Waals surface area (Å²) in [6, 6.07) is 11.4. The number of para-hydroxylation sites is 1. The second-order valence-corrected chi connectivity index (χ2v) is 5.62.